The van der Waals surface area contributed by atoms with Crippen molar-refractivity contribution in [2.45, 2.75) is 38.8 Å². The third-order valence-electron chi connectivity index (χ3n) is 4.77. The minimum Gasteiger partial charge on any atom is -0.468 e. The molecule has 0 radical (unpaired) electrons. The Kier molecular flexibility index (Phi) is 7.47. The Morgan fingerprint density at radius 3 is 2.86 bits per heavy atom. The minimum atomic E-state index is -0.579. The largest absolute Gasteiger partial charge is 0.468 e. The van der Waals surface area contributed by atoms with Gasteiger partial charge < -0.3 is 9.47 Å². The summed E-state index contributed by atoms with van der Waals surface area (Å²) in [7, 11) is 1.38. The van der Waals surface area contributed by atoms with Crippen LogP contribution in [0, 0.1) is 0 Å². The maximum Gasteiger partial charge on any atom is 0.336 e. The fourth-order valence-electron chi connectivity index (χ4n) is 3.36. The van der Waals surface area contributed by atoms with Crippen molar-refractivity contribution >= 4 is 34.9 Å². The summed E-state index contributed by atoms with van der Waals surface area (Å²) in [6.45, 7) is 3.29. The summed E-state index contributed by atoms with van der Waals surface area (Å²) in [6.07, 6.45) is 5.89. The molecule has 1 atom stereocenters. The standard InChI is InChI=1S/C22H24ClNO4S/c1-3-4-5-10-19(25)28-20-13-15-14-24(12-11-18(15)29-20)21(22(26)27-2)16-8-6-7-9-17(16)23/h5-10,13,21H,3-4,11-12,14H2,1-2H3/b10-5+. The predicted octanol–water partition coefficient (Wildman–Crippen LogP) is 4.94. The van der Waals surface area contributed by atoms with Gasteiger partial charge in [0, 0.05) is 29.1 Å². The zero-order chi connectivity index (χ0) is 20.8. The van der Waals surface area contributed by atoms with Gasteiger partial charge in [-0.1, -0.05) is 49.2 Å². The van der Waals surface area contributed by atoms with Gasteiger partial charge in [-0.25, -0.2) is 9.59 Å². The number of allylic oxidation sites excluding steroid dienone is 1. The molecule has 0 amide bonds. The second-order valence-corrected chi connectivity index (χ2v) is 8.30. The first-order valence-corrected chi connectivity index (χ1v) is 10.8. The topological polar surface area (TPSA) is 55.8 Å². The Morgan fingerprint density at radius 2 is 2.14 bits per heavy atom. The van der Waals surface area contributed by atoms with Crippen LogP contribution in [-0.2, 0) is 27.3 Å². The number of carbonyl (C=O) groups is 2. The summed E-state index contributed by atoms with van der Waals surface area (Å²) in [6, 6.07) is 8.63. The van der Waals surface area contributed by atoms with Gasteiger partial charge in [0.05, 0.1) is 7.11 Å². The Balaban J connectivity index is 1.77. The van der Waals surface area contributed by atoms with Crippen molar-refractivity contribution in [3.8, 4) is 5.06 Å². The lowest BCUT2D eigenvalue weighted by atomic mass is 10.0. The molecule has 3 rings (SSSR count). The molecule has 2 aromatic rings. The third kappa shape index (κ3) is 5.26. The van der Waals surface area contributed by atoms with Gasteiger partial charge >= 0.3 is 11.9 Å². The number of halogens is 1. The highest BCUT2D eigenvalue weighted by Crippen LogP contribution is 2.37. The number of thiophene rings is 1. The number of fused-ring (bicyclic) bond motifs is 1. The second kappa shape index (κ2) is 10.1. The molecular formula is C22H24ClNO4S. The lowest BCUT2D eigenvalue weighted by Gasteiger charge is -2.33. The summed E-state index contributed by atoms with van der Waals surface area (Å²) >= 11 is 7.84. The quantitative estimate of drug-likeness (QED) is 0.457. The van der Waals surface area contributed by atoms with Gasteiger partial charge in [0.1, 0.15) is 6.04 Å². The van der Waals surface area contributed by atoms with Crippen molar-refractivity contribution in [1.29, 1.82) is 0 Å². The van der Waals surface area contributed by atoms with Crippen LogP contribution in [0.3, 0.4) is 0 Å². The van der Waals surface area contributed by atoms with Crippen LogP contribution in [0.25, 0.3) is 0 Å². The Hall–Kier alpha value is -2.15. The molecule has 0 saturated carbocycles. The molecule has 29 heavy (non-hydrogen) atoms. The summed E-state index contributed by atoms with van der Waals surface area (Å²) in [4.78, 5) is 27.7. The number of methoxy groups -OCH3 is 1. The number of hydrogen-bond acceptors (Lipinski definition) is 6. The SMILES string of the molecule is CCC/C=C/C(=O)Oc1cc2c(s1)CCN(C(C(=O)OC)c1ccccc1Cl)C2. The van der Waals surface area contributed by atoms with Crippen LogP contribution in [0.5, 0.6) is 5.06 Å². The Bertz CT molecular complexity index is 908. The summed E-state index contributed by atoms with van der Waals surface area (Å²) in [5.74, 6) is -0.707. The van der Waals surface area contributed by atoms with E-state index in [0.29, 0.717) is 23.2 Å². The lowest BCUT2D eigenvalue weighted by molar-refractivity contribution is -0.147. The van der Waals surface area contributed by atoms with Gasteiger partial charge in [0.2, 0.25) is 0 Å². The Morgan fingerprint density at radius 1 is 1.34 bits per heavy atom. The molecule has 0 bridgehead atoms. The molecule has 0 N–H and O–H groups in total. The van der Waals surface area contributed by atoms with Gasteiger partial charge in [0.25, 0.3) is 0 Å². The smallest absolute Gasteiger partial charge is 0.336 e. The minimum absolute atomic E-state index is 0.343. The molecule has 0 saturated heterocycles. The number of rotatable bonds is 7. The molecule has 1 aromatic heterocycles. The number of ether oxygens (including phenoxy) is 2. The number of esters is 2. The number of unbranched alkanes of at least 4 members (excludes halogenated alkanes) is 1. The van der Waals surface area contributed by atoms with E-state index in [1.54, 1.807) is 6.07 Å². The molecule has 5 nitrogen and oxygen atoms in total. The van der Waals surface area contributed by atoms with Crippen LogP contribution in [0.4, 0.5) is 0 Å². The van der Waals surface area contributed by atoms with Crippen LogP contribution in [0.2, 0.25) is 5.02 Å². The van der Waals surface area contributed by atoms with E-state index >= 15 is 0 Å². The van der Waals surface area contributed by atoms with E-state index in [2.05, 4.69) is 11.8 Å². The number of carbonyl (C=O) groups excluding carboxylic acids is 2. The molecule has 1 aromatic carbocycles. The van der Waals surface area contributed by atoms with E-state index in [9.17, 15) is 9.59 Å². The maximum atomic E-state index is 12.6. The fourth-order valence-corrected chi connectivity index (χ4v) is 4.61. The molecule has 7 heteroatoms. The molecular weight excluding hydrogens is 410 g/mol. The molecule has 0 fully saturated rings. The normalized spacial score (nSPS) is 15.1. The molecule has 0 aliphatic carbocycles. The third-order valence-corrected chi connectivity index (χ3v) is 6.23. The van der Waals surface area contributed by atoms with E-state index in [1.165, 1.54) is 29.4 Å². The van der Waals surface area contributed by atoms with E-state index in [4.69, 9.17) is 21.1 Å². The van der Waals surface area contributed by atoms with Crippen LogP contribution < -0.4 is 4.74 Å². The molecule has 2 heterocycles. The van der Waals surface area contributed by atoms with Crippen LogP contribution in [0.15, 0.2) is 42.5 Å². The van der Waals surface area contributed by atoms with Gasteiger partial charge in [-0.05, 0) is 36.1 Å². The van der Waals surface area contributed by atoms with Crippen LogP contribution in [-0.4, -0.2) is 30.5 Å². The first-order chi connectivity index (χ1) is 14.0. The highest BCUT2D eigenvalue weighted by atomic mass is 35.5. The van der Waals surface area contributed by atoms with Gasteiger partial charge in [-0.2, -0.15) is 0 Å². The number of hydrogen-bond donors (Lipinski definition) is 0. The molecule has 0 spiro atoms. The summed E-state index contributed by atoms with van der Waals surface area (Å²) < 4.78 is 10.5. The van der Waals surface area contributed by atoms with Crippen LogP contribution >= 0.6 is 22.9 Å². The van der Waals surface area contributed by atoms with E-state index < -0.39 is 6.04 Å². The predicted molar refractivity (Wildman–Crippen MR) is 114 cm³/mol. The summed E-state index contributed by atoms with van der Waals surface area (Å²) in [5.41, 5.74) is 1.79. The van der Waals surface area contributed by atoms with Crippen molar-refractivity contribution < 1.29 is 19.1 Å². The average Bonchev–Trinajstić information content (AvgIpc) is 3.11. The lowest BCUT2D eigenvalue weighted by Crippen LogP contribution is -2.38. The zero-order valence-electron chi connectivity index (χ0n) is 16.5. The van der Waals surface area contributed by atoms with Crippen molar-refractivity contribution in [3.05, 3.63) is 63.5 Å². The molecule has 1 aliphatic heterocycles. The van der Waals surface area contributed by atoms with Gasteiger partial charge in [0.15, 0.2) is 5.06 Å². The summed E-state index contributed by atoms with van der Waals surface area (Å²) in [5, 5.41) is 1.11. The molecule has 154 valence electrons. The van der Waals surface area contributed by atoms with E-state index in [-0.39, 0.29) is 11.9 Å². The van der Waals surface area contributed by atoms with Crippen molar-refractivity contribution in [2.24, 2.45) is 0 Å². The fraction of sp³-hybridized carbons (Fsp3) is 0.364. The Labute approximate surface area is 179 Å². The van der Waals surface area contributed by atoms with Crippen molar-refractivity contribution in [1.82, 2.24) is 4.90 Å². The maximum absolute atomic E-state index is 12.6. The van der Waals surface area contributed by atoms with E-state index in [1.807, 2.05) is 30.3 Å². The van der Waals surface area contributed by atoms with Gasteiger partial charge in [-0.3, -0.25) is 4.90 Å². The highest BCUT2D eigenvalue weighted by Gasteiger charge is 2.33. The second-order valence-electron chi connectivity index (χ2n) is 6.79. The van der Waals surface area contributed by atoms with Crippen molar-refractivity contribution in [2.75, 3.05) is 13.7 Å². The zero-order valence-corrected chi connectivity index (χ0v) is 18.1. The first kappa shape index (κ1) is 21.6. The highest BCUT2D eigenvalue weighted by molar-refractivity contribution is 7.14. The monoisotopic (exact) mass is 433 g/mol. The number of nitrogens with zero attached hydrogens (tertiary/aromatic N) is 1. The molecule has 1 unspecified atom stereocenters. The molecule has 1 aliphatic rings. The van der Waals surface area contributed by atoms with E-state index in [0.717, 1.165) is 30.4 Å². The average molecular weight is 434 g/mol. The van der Waals surface area contributed by atoms with Crippen molar-refractivity contribution in [3.63, 3.8) is 0 Å². The number of benzene rings is 1. The first-order valence-electron chi connectivity index (χ1n) is 9.59. The van der Waals surface area contributed by atoms with Crippen LogP contribution in [0.1, 0.15) is 41.8 Å². The van der Waals surface area contributed by atoms with Gasteiger partial charge in [-0.15, -0.1) is 11.3 Å².